The molecule has 0 saturated carbocycles. The maximum absolute atomic E-state index is 2.36. The highest BCUT2D eigenvalue weighted by atomic mass is 79.9. The first-order valence-electron chi connectivity index (χ1n) is 5.11. The molecule has 0 aromatic carbocycles. The Morgan fingerprint density at radius 1 is 1.08 bits per heavy atom. The molecule has 0 aliphatic rings. The van der Waals surface area contributed by atoms with Crippen LogP contribution in [-0.2, 0) is 0 Å². The van der Waals surface area contributed by atoms with E-state index < -0.39 is 7.26 Å². The Morgan fingerprint density at radius 2 is 1.46 bits per heavy atom. The van der Waals surface area contributed by atoms with E-state index in [1.54, 1.807) is 5.57 Å². The molecule has 0 rings (SSSR count). The molecule has 0 amide bonds. The Morgan fingerprint density at radius 3 is 1.69 bits per heavy atom. The van der Waals surface area contributed by atoms with Gasteiger partial charge in [-0.3, -0.25) is 0 Å². The Balaban J connectivity index is 0. The van der Waals surface area contributed by atoms with E-state index in [1.165, 1.54) is 24.6 Å². The Labute approximate surface area is 95.3 Å². The van der Waals surface area contributed by atoms with Gasteiger partial charge in [0.15, 0.2) is 0 Å². The third-order valence-corrected chi connectivity index (χ3v) is 8.28. The molecule has 0 atom stereocenters. The summed E-state index contributed by atoms with van der Waals surface area (Å²) in [5.74, 6) is 0. The number of rotatable bonds is 5. The average molecular weight is 267 g/mol. The van der Waals surface area contributed by atoms with Crippen LogP contribution in [0, 0.1) is 0 Å². The van der Waals surface area contributed by atoms with Crippen molar-refractivity contribution < 1.29 is 17.0 Å². The summed E-state index contributed by atoms with van der Waals surface area (Å²) in [4.78, 5) is 0. The second-order valence-corrected chi connectivity index (χ2v) is 8.48. The van der Waals surface area contributed by atoms with Crippen LogP contribution in [0.3, 0.4) is 0 Å². The van der Waals surface area contributed by atoms with Gasteiger partial charge in [-0.2, -0.15) is 0 Å². The van der Waals surface area contributed by atoms with E-state index >= 15 is 0 Å². The molecule has 80 valence electrons. The van der Waals surface area contributed by atoms with Gasteiger partial charge in [-0.15, -0.1) is 0 Å². The van der Waals surface area contributed by atoms with Crippen molar-refractivity contribution in [3.63, 3.8) is 0 Å². The minimum atomic E-state index is -0.580. The molecule has 0 spiro atoms. The third-order valence-electron chi connectivity index (χ3n) is 3.09. The minimum Gasteiger partial charge on any atom is -1.00 e. The summed E-state index contributed by atoms with van der Waals surface area (Å²) >= 11 is 0. The molecule has 0 heterocycles. The largest absolute Gasteiger partial charge is 1.00 e. The number of hydrogen-bond donors (Lipinski definition) is 0. The van der Waals surface area contributed by atoms with Gasteiger partial charge >= 0.3 is 0 Å². The van der Waals surface area contributed by atoms with Gasteiger partial charge in [-0.05, 0) is 40.2 Å². The SMILES string of the molecule is C/C=C(\C)C[P+](CC)(CC)CC.[Br-]. The maximum Gasteiger partial charge on any atom is 0.0799 e. The summed E-state index contributed by atoms with van der Waals surface area (Å²) < 4.78 is 0. The summed E-state index contributed by atoms with van der Waals surface area (Å²) in [5.41, 5.74) is 1.59. The minimum absolute atomic E-state index is 0. The van der Waals surface area contributed by atoms with Crippen molar-refractivity contribution in [2.24, 2.45) is 0 Å². The molecule has 0 aromatic rings. The summed E-state index contributed by atoms with van der Waals surface area (Å²) in [6.45, 7) is 11.5. The van der Waals surface area contributed by atoms with E-state index in [1.807, 2.05) is 0 Å². The first-order valence-corrected chi connectivity index (χ1v) is 7.64. The normalized spacial score (nSPS) is 12.5. The molecule has 0 nitrogen and oxygen atoms in total. The predicted octanol–water partition coefficient (Wildman–Crippen LogP) is 1.03. The van der Waals surface area contributed by atoms with Crippen molar-refractivity contribution in [2.45, 2.75) is 34.6 Å². The lowest BCUT2D eigenvalue weighted by molar-refractivity contribution is -0.00000294. The predicted molar refractivity (Wildman–Crippen MR) is 62.8 cm³/mol. The molecular formula is C11H24BrP. The molecule has 0 unspecified atom stereocenters. The maximum atomic E-state index is 2.36. The van der Waals surface area contributed by atoms with Gasteiger partial charge in [0.05, 0.1) is 24.6 Å². The van der Waals surface area contributed by atoms with Crippen molar-refractivity contribution in [2.75, 3.05) is 24.6 Å². The summed E-state index contributed by atoms with van der Waals surface area (Å²) in [7, 11) is -0.580. The monoisotopic (exact) mass is 266 g/mol. The molecule has 0 saturated heterocycles. The zero-order valence-electron chi connectivity index (χ0n) is 9.73. The first kappa shape index (κ1) is 16.1. The summed E-state index contributed by atoms with van der Waals surface area (Å²) in [6, 6.07) is 0. The number of halogens is 1. The van der Waals surface area contributed by atoms with Gasteiger partial charge in [0, 0.05) is 7.26 Å². The van der Waals surface area contributed by atoms with Gasteiger partial charge in [0.2, 0.25) is 0 Å². The highest BCUT2D eigenvalue weighted by molar-refractivity contribution is 7.76. The van der Waals surface area contributed by atoms with Gasteiger partial charge in [0.25, 0.3) is 0 Å². The van der Waals surface area contributed by atoms with Gasteiger partial charge in [-0.1, -0.05) is 6.08 Å². The Bertz CT molecular complexity index is 140. The van der Waals surface area contributed by atoms with E-state index in [2.05, 4.69) is 40.7 Å². The first-order chi connectivity index (χ1) is 5.64. The lowest BCUT2D eigenvalue weighted by atomic mass is 10.3. The van der Waals surface area contributed by atoms with Crippen LogP contribution in [-0.4, -0.2) is 24.6 Å². The van der Waals surface area contributed by atoms with E-state index in [0.717, 1.165) is 0 Å². The quantitative estimate of drug-likeness (QED) is 0.515. The standard InChI is InChI=1S/C11H24P.BrH/c1-6-11(5)10-12(7-2,8-3)9-4;/h6H,7-10H2,1-5H3;1H/q+1;/p-1/b11-6+;. The number of allylic oxidation sites excluding steroid dienone is 2. The third kappa shape index (κ3) is 5.18. The second-order valence-electron chi connectivity index (χ2n) is 3.58. The van der Waals surface area contributed by atoms with Crippen molar-refractivity contribution in [1.29, 1.82) is 0 Å². The van der Waals surface area contributed by atoms with Crippen LogP contribution < -0.4 is 17.0 Å². The molecule has 0 N–H and O–H groups in total. The molecule has 0 fully saturated rings. The second kappa shape index (κ2) is 8.00. The van der Waals surface area contributed by atoms with Gasteiger partial charge in [-0.25, -0.2) is 0 Å². The summed E-state index contributed by atoms with van der Waals surface area (Å²) in [6.07, 6.45) is 7.93. The number of hydrogen-bond acceptors (Lipinski definition) is 0. The van der Waals surface area contributed by atoms with Crippen LogP contribution in [0.2, 0.25) is 0 Å². The Hall–Kier alpha value is 0.650. The fourth-order valence-corrected chi connectivity index (χ4v) is 4.88. The van der Waals surface area contributed by atoms with Gasteiger partial charge in [0.1, 0.15) is 0 Å². The van der Waals surface area contributed by atoms with Crippen LogP contribution in [0.1, 0.15) is 34.6 Å². The van der Waals surface area contributed by atoms with Crippen LogP contribution in [0.4, 0.5) is 0 Å². The van der Waals surface area contributed by atoms with Crippen molar-refractivity contribution in [3.05, 3.63) is 11.6 Å². The fraction of sp³-hybridized carbons (Fsp3) is 0.818. The van der Waals surface area contributed by atoms with E-state index in [-0.39, 0.29) is 17.0 Å². The van der Waals surface area contributed by atoms with Gasteiger partial charge < -0.3 is 17.0 Å². The molecule has 2 heteroatoms. The molecule has 0 aliphatic carbocycles. The average Bonchev–Trinajstić information content (AvgIpc) is 2.14. The Kier molecular flexibility index (Phi) is 9.90. The van der Waals surface area contributed by atoms with Crippen LogP contribution in [0.25, 0.3) is 0 Å². The fourth-order valence-electron chi connectivity index (χ4n) is 1.63. The van der Waals surface area contributed by atoms with E-state index in [4.69, 9.17) is 0 Å². The van der Waals surface area contributed by atoms with Crippen LogP contribution in [0.15, 0.2) is 11.6 Å². The van der Waals surface area contributed by atoms with Crippen molar-refractivity contribution >= 4 is 7.26 Å². The molecular weight excluding hydrogens is 243 g/mol. The molecule has 13 heavy (non-hydrogen) atoms. The summed E-state index contributed by atoms with van der Waals surface area (Å²) in [5, 5.41) is 0. The molecule has 0 aliphatic heterocycles. The highest BCUT2D eigenvalue weighted by Gasteiger charge is 2.30. The van der Waals surface area contributed by atoms with Crippen molar-refractivity contribution in [1.82, 2.24) is 0 Å². The van der Waals surface area contributed by atoms with E-state index in [9.17, 15) is 0 Å². The molecule has 0 aromatic heterocycles. The lowest BCUT2D eigenvalue weighted by Crippen LogP contribution is -3.00. The molecule has 0 radical (unpaired) electrons. The molecule has 0 bridgehead atoms. The van der Waals surface area contributed by atoms with E-state index in [0.29, 0.717) is 0 Å². The van der Waals surface area contributed by atoms with Crippen LogP contribution in [0.5, 0.6) is 0 Å². The highest BCUT2D eigenvalue weighted by Crippen LogP contribution is 2.58. The lowest BCUT2D eigenvalue weighted by Gasteiger charge is -2.23. The zero-order valence-corrected chi connectivity index (χ0v) is 12.2. The smallest absolute Gasteiger partial charge is 0.0799 e. The van der Waals surface area contributed by atoms with Crippen molar-refractivity contribution in [3.8, 4) is 0 Å². The zero-order chi connectivity index (χ0) is 9.61. The van der Waals surface area contributed by atoms with Crippen LogP contribution >= 0.6 is 7.26 Å². The topological polar surface area (TPSA) is 0 Å².